The van der Waals surface area contributed by atoms with Gasteiger partial charge in [0, 0.05) is 13.1 Å². The predicted molar refractivity (Wildman–Crippen MR) is 103 cm³/mol. The Morgan fingerprint density at radius 2 is 1.62 bits per heavy atom. The van der Waals surface area contributed by atoms with Crippen LogP contribution in [0.3, 0.4) is 0 Å². The first-order chi connectivity index (χ1) is 12.6. The number of carbonyl (C=O) groups is 2. The van der Waals surface area contributed by atoms with Gasteiger partial charge in [-0.2, -0.15) is 0 Å². The van der Waals surface area contributed by atoms with Crippen molar-refractivity contribution in [1.29, 1.82) is 0 Å². The lowest BCUT2D eigenvalue weighted by Crippen LogP contribution is -2.25. The highest BCUT2D eigenvalue weighted by atomic mass is 32.2. The number of hydrogen-bond donors (Lipinski definition) is 2. The summed E-state index contributed by atoms with van der Waals surface area (Å²) >= 11 is 3.98. The zero-order valence-corrected chi connectivity index (χ0v) is 16.6. The van der Waals surface area contributed by atoms with Gasteiger partial charge in [0.25, 0.3) is 0 Å². The van der Waals surface area contributed by atoms with E-state index < -0.39 is 0 Å². The molecule has 0 radical (unpaired) electrons. The lowest BCUT2D eigenvalue weighted by Gasteiger charge is -2.04. The molecule has 0 aliphatic carbocycles. The fourth-order valence-electron chi connectivity index (χ4n) is 1.74. The van der Waals surface area contributed by atoms with Crippen LogP contribution in [-0.4, -0.2) is 40.1 Å². The molecule has 2 aromatic rings. The number of nitrogens with zero attached hydrogens (tertiary/aromatic N) is 2. The van der Waals surface area contributed by atoms with Crippen molar-refractivity contribution >= 4 is 46.7 Å². The maximum Gasteiger partial charge on any atom is 0.230 e. The van der Waals surface area contributed by atoms with Crippen LogP contribution in [0.25, 0.3) is 0 Å². The molecule has 1 heterocycles. The predicted octanol–water partition coefficient (Wildman–Crippen LogP) is 2.70. The number of benzene rings is 1. The van der Waals surface area contributed by atoms with Crippen LogP contribution in [0.1, 0.15) is 18.9 Å². The molecule has 1 aromatic carbocycles. The Kier molecular flexibility index (Phi) is 8.86. The van der Waals surface area contributed by atoms with E-state index in [0.29, 0.717) is 27.5 Å². The number of rotatable bonds is 10. The second-order valence-electron chi connectivity index (χ2n) is 5.16. The van der Waals surface area contributed by atoms with Gasteiger partial charge in [0.05, 0.1) is 11.5 Å². The van der Waals surface area contributed by atoms with E-state index in [1.807, 2.05) is 6.92 Å². The van der Waals surface area contributed by atoms with Crippen LogP contribution in [0.2, 0.25) is 0 Å². The molecule has 26 heavy (non-hydrogen) atoms. The Morgan fingerprint density at radius 1 is 1.04 bits per heavy atom. The van der Waals surface area contributed by atoms with Crippen LogP contribution in [0.15, 0.2) is 32.9 Å². The molecule has 0 unspecified atom stereocenters. The number of nitrogens with one attached hydrogen (secondary N) is 2. The molecule has 140 valence electrons. The summed E-state index contributed by atoms with van der Waals surface area (Å²) in [6.45, 7) is 3.02. The summed E-state index contributed by atoms with van der Waals surface area (Å²) in [5.74, 6) is 0.0575. The minimum Gasteiger partial charge on any atom is -0.355 e. The van der Waals surface area contributed by atoms with Gasteiger partial charge in [-0.25, -0.2) is 4.39 Å². The van der Waals surface area contributed by atoms with Gasteiger partial charge in [0.15, 0.2) is 8.68 Å². The molecule has 6 nitrogen and oxygen atoms in total. The summed E-state index contributed by atoms with van der Waals surface area (Å²) in [7, 11) is 0. The van der Waals surface area contributed by atoms with E-state index in [9.17, 15) is 14.0 Å². The van der Waals surface area contributed by atoms with E-state index in [1.54, 1.807) is 12.1 Å². The van der Waals surface area contributed by atoms with Crippen molar-refractivity contribution in [3.63, 3.8) is 0 Å². The summed E-state index contributed by atoms with van der Waals surface area (Å²) in [5, 5.41) is 13.6. The van der Waals surface area contributed by atoms with E-state index >= 15 is 0 Å². The fraction of sp³-hybridized carbons (Fsp3) is 0.375. The SMILES string of the molecule is CCCNC(=O)CSc1nnc(SCC(=O)NCc2ccc(F)cc2)s1. The number of aromatic nitrogens is 2. The van der Waals surface area contributed by atoms with Crippen LogP contribution in [0.5, 0.6) is 0 Å². The second kappa shape index (κ2) is 11.1. The molecule has 1 aromatic heterocycles. The average molecular weight is 415 g/mol. The van der Waals surface area contributed by atoms with Gasteiger partial charge in [-0.05, 0) is 24.1 Å². The van der Waals surface area contributed by atoms with Crippen LogP contribution < -0.4 is 10.6 Å². The van der Waals surface area contributed by atoms with Crippen molar-refractivity contribution < 1.29 is 14.0 Å². The molecule has 0 saturated carbocycles. The highest BCUT2D eigenvalue weighted by molar-refractivity contribution is 8.03. The molecule has 0 spiro atoms. The maximum absolute atomic E-state index is 12.8. The molecule has 2 amide bonds. The number of hydrogen-bond acceptors (Lipinski definition) is 7. The molecule has 0 aliphatic heterocycles. The Hall–Kier alpha value is -1.65. The van der Waals surface area contributed by atoms with E-state index in [-0.39, 0.29) is 23.4 Å². The van der Waals surface area contributed by atoms with Gasteiger partial charge >= 0.3 is 0 Å². The summed E-state index contributed by atoms with van der Waals surface area (Å²) in [6.07, 6.45) is 0.902. The quantitative estimate of drug-likeness (QED) is 0.582. The van der Waals surface area contributed by atoms with Gasteiger partial charge in [-0.1, -0.05) is 53.9 Å². The van der Waals surface area contributed by atoms with Crippen molar-refractivity contribution in [3.05, 3.63) is 35.6 Å². The van der Waals surface area contributed by atoms with Gasteiger partial charge in [-0.3, -0.25) is 9.59 Å². The first-order valence-corrected chi connectivity index (χ1v) is 10.7. The zero-order valence-electron chi connectivity index (χ0n) is 14.2. The first kappa shape index (κ1) is 20.7. The lowest BCUT2D eigenvalue weighted by molar-refractivity contribution is -0.119. The molecule has 0 atom stereocenters. The van der Waals surface area contributed by atoms with Crippen LogP contribution in [0.4, 0.5) is 4.39 Å². The highest BCUT2D eigenvalue weighted by Crippen LogP contribution is 2.28. The third kappa shape index (κ3) is 7.71. The summed E-state index contributed by atoms with van der Waals surface area (Å²) in [6, 6.07) is 5.99. The number of carbonyl (C=O) groups excluding carboxylic acids is 2. The van der Waals surface area contributed by atoms with Gasteiger partial charge < -0.3 is 10.6 Å². The second-order valence-corrected chi connectivity index (χ2v) is 8.59. The third-order valence-electron chi connectivity index (χ3n) is 3.02. The molecule has 0 fully saturated rings. The number of halogens is 1. The molecule has 0 bridgehead atoms. The Bertz CT molecular complexity index is 725. The number of thioether (sulfide) groups is 2. The van der Waals surface area contributed by atoms with Gasteiger partial charge in [0.1, 0.15) is 5.82 Å². The van der Waals surface area contributed by atoms with E-state index in [1.165, 1.54) is 47.0 Å². The molecule has 0 saturated heterocycles. The van der Waals surface area contributed by atoms with Crippen LogP contribution in [0, 0.1) is 5.82 Å². The number of amides is 2. The molecular weight excluding hydrogens is 395 g/mol. The normalized spacial score (nSPS) is 10.5. The molecule has 2 N–H and O–H groups in total. The minimum atomic E-state index is -0.302. The third-order valence-corrected chi connectivity index (χ3v) is 6.21. The fourth-order valence-corrected chi connectivity index (χ4v) is 4.42. The summed E-state index contributed by atoms with van der Waals surface area (Å²) in [4.78, 5) is 23.4. The van der Waals surface area contributed by atoms with E-state index in [2.05, 4.69) is 20.8 Å². The van der Waals surface area contributed by atoms with Gasteiger partial charge in [-0.15, -0.1) is 10.2 Å². The van der Waals surface area contributed by atoms with Crippen molar-refractivity contribution in [3.8, 4) is 0 Å². The van der Waals surface area contributed by atoms with Crippen molar-refractivity contribution in [1.82, 2.24) is 20.8 Å². The van der Waals surface area contributed by atoms with E-state index in [0.717, 1.165) is 12.0 Å². The summed E-state index contributed by atoms with van der Waals surface area (Å²) in [5.41, 5.74) is 0.834. The maximum atomic E-state index is 12.8. The smallest absolute Gasteiger partial charge is 0.230 e. The average Bonchev–Trinajstić information content (AvgIpc) is 3.10. The highest BCUT2D eigenvalue weighted by Gasteiger charge is 2.10. The van der Waals surface area contributed by atoms with Gasteiger partial charge in [0.2, 0.25) is 11.8 Å². The van der Waals surface area contributed by atoms with Crippen molar-refractivity contribution in [2.45, 2.75) is 28.6 Å². The van der Waals surface area contributed by atoms with Crippen molar-refractivity contribution in [2.75, 3.05) is 18.1 Å². The lowest BCUT2D eigenvalue weighted by atomic mass is 10.2. The van der Waals surface area contributed by atoms with Crippen LogP contribution in [-0.2, 0) is 16.1 Å². The van der Waals surface area contributed by atoms with Crippen molar-refractivity contribution in [2.24, 2.45) is 0 Å². The zero-order chi connectivity index (χ0) is 18.8. The monoisotopic (exact) mass is 414 g/mol. The Morgan fingerprint density at radius 3 is 2.19 bits per heavy atom. The first-order valence-electron chi connectivity index (χ1n) is 7.93. The standard InChI is InChI=1S/C16H19FN4O2S3/c1-2-7-18-13(22)9-24-15-20-21-16(26-15)25-10-14(23)19-8-11-3-5-12(17)6-4-11/h3-6H,2,7-10H2,1H3,(H,18,22)(H,19,23). The van der Waals surface area contributed by atoms with E-state index in [4.69, 9.17) is 0 Å². The minimum absolute atomic E-state index is 0.0265. The largest absolute Gasteiger partial charge is 0.355 e. The summed E-state index contributed by atoms with van der Waals surface area (Å²) < 4.78 is 14.2. The molecule has 0 aliphatic rings. The molecule has 2 rings (SSSR count). The molecular formula is C16H19FN4O2S3. The molecule has 10 heteroatoms. The van der Waals surface area contributed by atoms with Crippen LogP contribution >= 0.6 is 34.9 Å². The Labute approximate surface area is 163 Å². The Balaban J connectivity index is 1.67. The topological polar surface area (TPSA) is 84.0 Å².